The van der Waals surface area contributed by atoms with Crippen molar-refractivity contribution in [1.82, 2.24) is 24.9 Å². The first kappa shape index (κ1) is 20.2. The Bertz CT molecular complexity index is 1340. The normalized spacial score (nSPS) is 19.4. The lowest BCUT2D eigenvalue weighted by molar-refractivity contribution is 0.0392. The molecule has 7 heteroatoms. The minimum absolute atomic E-state index is 0.00304. The van der Waals surface area contributed by atoms with E-state index < -0.39 is 0 Å². The maximum Gasteiger partial charge on any atom is 0.254 e. The van der Waals surface area contributed by atoms with Crippen LogP contribution in [0.2, 0.25) is 5.02 Å². The molecule has 6 rings (SSSR count). The van der Waals surface area contributed by atoms with Crippen LogP contribution in [0.15, 0.2) is 60.9 Å². The second-order valence-electron chi connectivity index (χ2n) is 8.93. The van der Waals surface area contributed by atoms with Crippen LogP contribution in [-0.2, 0) is 13.5 Å². The standard InChI is InChI=1S/C26H24ClN5O/c1-31-25(17-6-3-8-20(27)12-17)22-13-21-9-4-10-23(24(22)30-31)32(21)26(33)18-7-2-5-16(11-18)19-14-28-29-15-19/h2-3,5-8,11-12,14-15,21,23H,4,9-10,13H2,1H3,(H,28,29)/t21-,23+/m1/s1. The molecule has 4 aromatic rings. The Labute approximate surface area is 197 Å². The predicted molar refractivity (Wildman–Crippen MR) is 128 cm³/mol. The lowest BCUT2D eigenvalue weighted by atomic mass is 9.81. The minimum atomic E-state index is -0.00304. The zero-order valence-corrected chi connectivity index (χ0v) is 19.1. The number of H-pyrrole nitrogens is 1. The highest BCUT2D eigenvalue weighted by molar-refractivity contribution is 6.30. The van der Waals surface area contributed by atoms with Gasteiger partial charge >= 0.3 is 0 Å². The topological polar surface area (TPSA) is 66.8 Å². The number of nitrogens with zero attached hydrogens (tertiary/aromatic N) is 4. The summed E-state index contributed by atoms with van der Waals surface area (Å²) < 4.78 is 1.96. The van der Waals surface area contributed by atoms with Crippen molar-refractivity contribution in [3.8, 4) is 22.4 Å². The summed E-state index contributed by atoms with van der Waals surface area (Å²) in [7, 11) is 1.99. The molecule has 0 spiro atoms. The number of fused-ring (bicyclic) bond motifs is 4. The van der Waals surface area contributed by atoms with E-state index in [1.54, 1.807) is 6.20 Å². The number of carbonyl (C=O) groups excluding carboxylic acids is 1. The van der Waals surface area contributed by atoms with E-state index in [1.165, 1.54) is 5.56 Å². The van der Waals surface area contributed by atoms with Crippen LogP contribution in [0.4, 0.5) is 0 Å². The van der Waals surface area contributed by atoms with Crippen LogP contribution in [0.5, 0.6) is 0 Å². The van der Waals surface area contributed by atoms with Gasteiger partial charge in [-0.2, -0.15) is 10.2 Å². The smallest absolute Gasteiger partial charge is 0.254 e. The van der Waals surface area contributed by atoms with E-state index >= 15 is 0 Å². The molecule has 2 atom stereocenters. The van der Waals surface area contributed by atoms with E-state index in [0.29, 0.717) is 10.6 Å². The van der Waals surface area contributed by atoms with Crippen LogP contribution in [0, 0.1) is 0 Å². The van der Waals surface area contributed by atoms with Gasteiger partial charge in [-0.1, -0.05) is 35.9 Å². The van der Waals surface area contributed by atoms with E-state index in [0.717, 1.165) is 53.8 Å². The molecule has 166 valence electrons. The Morgan fingerprint density at radius 3 is 2.76 bits per heavy atom. The van der Waals surface area contributed by atoms with Crippen LogP contribution in [0.1, 0.15) is 46.9 Å². The third kappa shape index (κ3) is 3.37. The van der Waals surface area contributed by atoms with Gasteiger partial charge in [0.05, 0.1) is 23.6 Å². The molecule has 2 aromatic heterocycles. The lowest BCUT2D eigenvalue weighted by Gasteiger charge is -2.45. The molecule has 1 amide bonds. The molecular formula is C26H24ClN5O. The number of amides is 1. The summed E-state index contributed by atoms with van der Waals surface area (Å²) in [4.78, 5) is 15.9. The van der Waals surface area contributed by atoms with Crippen molar-refractivity contribution in [2.75, 3.05) is 0 Å². The largest absolute Gasteiger partial charge is 0.327 e. The number of halogens is 1. The molecule has 2 aliphatic heterocycles. The Morgan fingerprint density at radius 1 is 1.09 bits per heavy atom. The van der Waals surface area contributed by atoms with Gasteiger partial charge in [-0.25, -0.2) is 0 Å². The van der Waals surface area contributed by atoms with Crippen molar-refractivity contribution in [3.05, 3.63) is 82.8 Å². The van der Waals surface area contributed by atoms with Gasteiger partial charge in [0.15, 0.2) is 0 Å². The molecule has 0 radical (unpaired) electrons. The number of rotatable bonds is 3. The number of nitrogens with one attached hydrogen (secondary N) is 1. The number of hydrogen-bond donors (Lipinski definition) is 1. The van der Waals surface area contributed by atoms with E-state index in [-0.39, 0.29) is 18.0 Å². The van der Waals surface area contributed by atoms with E-state index in [1.807, 2.05) is 60.4 Å². The Kier molecular flexibility index (Phi) is 4.84. The van der Waals surface area contributed by atoms with Gasteiger partial charge in [0, 0.05) is 46.6 Å². The highest BCUT2D eigenvalue weighted by Crippen LogP contribution is 2.45. The zero-order chi connectivity index (χ0) is 22.5. The summed E-state index contributed by atoms with van der Waals surface area (Å²) in [5.74, 6) is 0.0793. The average molecular weight is 458 g/mol. The zero-order valence-electron chi connectivity index (χ0n) is 18.3. The van der Waals surface area contributed by atoms with Crippen molar-refractivity contribution in [2.45, 2.75) is 37.8 Å². The first-order valence-electron chi connectivity index (χ1n) is 11.3. The number of aromatic nitrogens is 4. The fourth-order valence-corrected chi connectivity index (χ4v) is 5.73. The summed E-state index contributed by atoms with van der Waals surface area (Å²) in [5.41, 5.74) is 7.14. The molecule has 0 unspecified atom stereocenters. The highest BCUT2D eigenvalue weighted by Gasteiger charge is 2.43. The molecule has 1 fully saturated rings. The van der Waals surface area contributed by atoms with Crippen LogP contribution in [0.3, 0.4) is 0 Å². The quantitative estimate of drug-likeness (QED) is 0.446. The van der Waals surface area contributed by atoms with Crippen molar-refractivity contribution in [2.24, 2.45) is 7.05 Å². The lowest BCUT2D eigenvalue weighted by Crippen LogP contribution is -2.49. The average Bonchev–Trinajstić information content (AvgIpc) is 3.46. The number of carbonyl (C=O) groups is 1. The Balaban J connectivity index is 1.39. The van der Waals surface area contributed by atoms with Crippen molar-refractivity contribution < 1.29 is 4.79 Å². The Hall–Kier alpha value is -3.38. The fraction of sp³-hybridized carbons (Fsp3) is 0.269. The van der Waals surface area contributed by atoms with Crippen molar-refractivity contribution in [1.29, 1.82) is 0 Å². The van der Waals surface area contributed by atoms with E-state index in [4.69, 9.17) is 16.7 Å². The molecule has 2 aromatic carbocycles. The first-order chi connectivity index (χ1) is 16.1. The minimum Gasteiger partial charge on any atom is -0.327 e. The maximum absolute atomic E-state index is 13.8. The number of benzene rings is 2. The van der Waals surface area contributed by atoms with Gasteiger partial charge in [0.1, 0.15) is 0 Å². The predicted octanol–water partition coefficient (Wildman–Crippen LogP) is 5.42. The summed E-state index contributed by atoms with van der Waals surface area (Å²) >= 11 is 6.29. The molecule has 2 aliphatic rings. The van der Waals surface area contributed by atoms with Gasteiger partial charge in [0.2, 0.25) is 0 Å². The summed E-state index contributed by atoms with van der Waals surface area (Å²) in [6.45, 7) is 0. The van der Waals surface area contributed by atoms with E-state index in [2.05, 4.69) is 21.2 Å². The van der Waals surface area contributed by atoms with Gasteiger partial charge in [-0.05, 0) is 55.5 Å². The third-order valence-corrected chi connectivity index (χ3v) is 7.18. The Morgan fingerprint density at radius 2 is 1.94 bits per heavy atom. The van der Waals surface area contributed by atoms with Gasteiger partial charge in [-0.3, -0.25) is 14.6 Å². The van der Waals surface area contributed by atoms with Gasteiger partial charge in [-0.15, -0.1) is 0 Å². The maximum atomic E-state index is 13.8. The van der Waals surface area contributed by atoms with Gasteiger partial charge in [0.25, 0.3) is 5.91 Å². The fourth-order valence-electron chi connectivity index (χ4n) is 5.54. The SMILES string of the molecule is Cn1nc2c(c1-c1cccc(Cl)c1)C[C@H]1CCC[C@@H]2N1C(=O)c1cccc(-c2cn[nH]c2)c1. The highest BCUT2D eigenvalue weighted by atomic mass is 35.5. The van der Waals surface area contributed by atoms with Crippen LogP contribution in [0.25, 0.3) is 22.4 Å². The second-order valence-corrected chi connectivity index (χ2v) is 9.37. The summed E-state index contributed by atoms with van der Waals surface area (Å²) in [6.07, 6.45) is 7.48. The molecule has 0 aliphatic carbocycles. The first-order valence-corrected chi connectivity index (χ1v) is 11.7. The monoisotopic (exact) mass is 457 g/mol. The van der Waals surface area contributed by atoms with Crippen molar-refractivity contribution >= 4 is 17.5 Å². The van der Waals surface area contributed by atoms with E-state index in [9.17, 15) is 4.79 Å². The van der Waals surface area contributed by atoms with Crippen LogP contribution >= 0.6 is 11.6 Å². The molecule has 4 heterocycles. The number of piperidine rings is 1. The molecule has 6 nitrogen and oxygen atoms in total. The van der Waals surface area contributed by atoms with Crippen LogP contribution < -0.4 is 0 Å². The van der Waals surface area contributed by atoms with Gasteiger partial charge < -0.3 is 4.90 Å². The van der Waals surface area contributed by atoms with Crippen molar-refractivity contribution in [3.63, 3.8) is 0 Å². The summed E-state index contributed by atoms with van der Waals surface area (Å²) in [5, 5.41) is 12.5. The van der Waals surface area contributed by atoms with Crippen LogP contribution in [-0.4, -0.2) is 36.8 Å². The molecule has 33 heavy (non-hydrogen) atoms. The number of aromatic amines is 1. The molecule has 0 saturated carbocycles. The third-order valence-electron chi connectivity index (χ3n) is 6.95. The molecule has 1 N–H and O–H groups in total. The molecule has 2 bridgehead atoms. The number of aryl methyl sites for hydroxylation is 1. The molecule has 1 saturated heterocycles. The summed E-state index contributed by atoms with van der Waals surface area (Å²) in [6, 6.07) is 15.9. The molecular weight excluding hydrogens is 434 g/mol. The second kappa shape index (κ2) is 7.89. The number of hydrogen-bond acceptors (Lipinski definition) is 3.